The quantitative estimate of drug-likeness (QED) is 0.835. The van der Waals surface area contributed by atoms with Crippen LogP contribution in [-0.4, -0.2) is 38.7 Å². The van der Waals surface area contributed by atoms with Crippen molar-refractivity contribution in [1.82, 2.24) is 25.9 Å². The summed E-state index contributed by atoms with van der Waals surface area (Å²) in [6.07, 6.45) is -3.43. The van der Waals surface area contributed by atoms with Crippen LogP contribution in [0, 0.1) is 5.92 Å². The number of halogens is 3. The van der Waals surface area contributed by atoms with Gasteiger partial charge in [0.2, 0.25) is 0 Å². The van der Waals surface area contributed by atoms with Crippen LogP contribution in [0.4, 0.5) is 13.2 Å². The second-order valence-corrected chi connectivity index (χ2v) is 4.30. The molecule has 18 heavy (non-hydrogen) atoms. The lowest BCUT2D eigenvalue weighted by Crippen LogP contribution is -2.40. The van der Waals surface area contributed by atoms with Gasteiger partial charge in [-0.05, 0) is 30.9 Å². The molecule has 1 amide bonds. The van der Waals surface area contributed by atoms with Crippen LogP contribution in [0.15, 0.2) is 0 Å². The van der Waals surface area contributed by atoms with Crippen molar-refractivity contribution in [3.8, 4) is 0 Å². The van der Waals surface area contributed by atoms with E-state index in [0.29, 0.717) is 12.8 Å². The fraction of sp³-hybridized carbons (Fsp3) is 0.778. The van der Waals surface area contributed by atoms with E-state index in [2.05, 4.69) is 25.9 Å². The summed E-state index contributed by atoms with van der Waals surface area (Å²) in [6, 6.07) is -0.255. The van der Waals surface area contributed by atoms with Crippen LogP contribution in [0.3, 0.4) is 0 Å². The lowest BCUT2D eigenvalue weighted by molar-refractivity contribution is -0.182. The van der Waals surface area contributed by atoms with Gasteiger partial charge in [-0.1, -0.05) is 0 Å². The van der Waals surface area contributed by atoms with Gasteiger partial charge in [0.15, 0.2) is 0 Å². The Morgan fingerprint density at radius 2 is 1.94 bits per heavy atom. The largest absolute Gasteiger partial charge is 0.391 e. The van der Waals surface area contributed by atoms with E-state index < -0.39 is 18.0 Å². The summed E-state index contributed by atoms with van der Waals surface area (Å²) in [6.45, 7) is 0. The van der Waals surface area contributed by atoms with Crippen LogP contribution in [0.1, 0.15) is 36.3 Å². The van der Waals surface area contributed by atoms with Gasteiger partial charge in [-0.2, -0.15) is 18.4 Å². The van der Waals surface area contributed by atoms with E-state index in [4.69, 9.17) is 0 Å². The lowest BCUT2D eigenvalue weighted by Gasteiger charge is -2.29. The van der Waals surface area contributed by atoms with Crippen molar-refractivity contribution in [2.45, 2.75) is 37.9 Å². The van der Waals surface area contributed by atoms with Crippen molar-refractivity contribution in [2.24, 2.45) is 5.92 Å². The number of hydrogen-bond donors (Lipinski definition) is 2. The highest BCUT2D eigenvalue weighted by molar-refractivity contribution is 5.90. The number of nitrogens with zero attached hydrogens (tertiary/aromatic N) is 3. The molecule has 1 fully saturated rings. The highest BCUT2D eigenvalue weighted by Crippen LogP contribution is 2.37. The molecule has 1 aromatic heterocycles. The van der Waals surface area contributed by atoms with E-state index in [9.17, 15) is 18.0 Å². The number of carbonyl (C=O) groups excluding carboxylic acids is 1. The lowest BCUT2D eigenvalue weighted by atomic mass is 9.85. The highest BCUT2D eigenvalue weighted by atomic mass is 19.4. The Balaban J connectivity index is 1.82. The van der Waals surface area contributed by atoms with Gasteiger partial charge in [-0.3, -0.25) is 4.79 Å². The fourth-order valence-electron chi connectivity index (χ4n) is 2.07. The Bertz CT molecular complexity index is 397. The third kappa shape index (κ3) is 2.96. The number of nitrogens with one attached hydrogen (secondary N) is 2. The second kappa shape index (κ2) is 4.91. The fourth-order valence-corrected chi connectivity index (χ4v) is 2.07. The number of carbonyl (C=O) groups is 1. The van der Waals surface area contributed by atoms with Gasteiger partial charge in [-0.15, -0.1) is 10.2 Å². The highest BCUT2D eigenvalue weighted by Gasteiger charge is 2.41. The maximum Gasteiger partial charge on any atom is 0.391 e. The first-order valence-electron chi connectivity index (χ1n) is 5.58. The summed E-state index contributed by atoms with van der Waals surface area (Å²) >= 11 is 0. The van der Waals surface area contributed by atoms with Crippen molar-refractivity contribution in [3.05, 3.63) is 5.82 Å². The minimum atomic E-state index is -4.14. The summed E-state index contributed by atoms with van der Waals surface area (Å²) in [5.41, 5.74) is 0. The van der Waals surface area contributed by atoms with Crippen molar-refractivity contribution in [1.29, 1.82) is 0 Å². The van der Waals surface area contributed by atoms with Gasteiger partial charge in [-0.25, -0.2) is 0 Å². The number of tetrazole rings is 1. The van der Waals surface area contributed by atoms with E-state index in [-0.39, 0.29) is 24.7 Å². The van der Waals surface area contributed by atoms with Gasteiger partial charge in [0, 0.05) is 6.04 Å². The molecule has 0 aliphatic heterocycles. The topological polar surface area (TPSA) is 83.6 Å². The number of alkyl halides is 3. The predicted molar refractivity (Wildman–Crippen MR) is 53.4 cm³/mol. The first kappa shape index (κ1) is 12.8. The van der Waals surface area contributed by atoms with Crippen molar-refractivity contribution in [2.75, 3.05) is 0 Å². The van der Waals surface area contributed by atoms with Gasteiger partial charge >= 0.3 is 6.18 Å². The third-order valence-corrected chi connectivity index (χ3v) is 3.07. The molecule has 0 radical (unpaired) electrons. The average molecular weight is 263 g/mol. The van der Waals surface area contributed by atoms with Gasteiger partial charge in [0.1, 0.15) is 0 Å². The molecule has 9 heteroatoms. The van der Waals surface area contributed by atoms with Crippen molar-refractivity contribution >= 4 is 5.91 Å². The van der Waals surface area contributed by atoms with Gasteiger partial charge in [0.25, 0.3) is 11.7 Å². The molecule has 6 nitrogen and oxygen atoms in total. The zero-order valence-corrected chi connectivity index (χ0v) is 9.37. The molecule has 1 aliphatic rings. The van der Waals surface area contributed by atoms with E-state index in [0.717, 1.165) is 0 Å². The third-order valence-electron chi connectivity index (χ3n) is 3.07. The molecule has 2 rings (SSSR count). The number of aromatic amines is 1. The van der Waals surface area contributed by atoms with Gasteiger partial charge in [0.05, 0.1) is 5.92 Å². The van der Waals surface area contributed by atoms with Crippen LogP contribution in [-0.2, 0) is 0 Å². The maximum atomic E-state index is 12.4. The minimum absolute atomic E-state index is 0.0424. The number of H-pyrrole nitrogens is 1. The molecule has 0 spiro atoms. The molecule has 100 valence electrons. The Kier molecular flexibility index (Phi) is 3.48. The van der Waals surface area contributed by atoms with E-state index in [1.807, 2.05) is 0 Å². The molecule has 2 N–H and O–H groups in total. The smallest absolute Gasteiger partial charge is 0.346 e. The monoisotopic (exact) mass is 263 g/mol. The molecule has 1 saturated carbocycles. The number of aromatic nitrogens is 4. The van der Waals surface area contributed by atoms with Crippen molar-refractivity contribution in [3.63, 3.8) is 0 Å². The van der Waals surface area contributed by atoms with Gasteiger partial charge < -0.3 is 5.32 Å². The van der Waals surface area contributed by atoms with Crippen LogP contribution in [0.25, 0.3) is 0 Å². The van der Waals surface area contributed by atoms with Crippen molar-refractivity contribution < 1.29 is 18.0 Å². The Morgan fingerprint density at radius 1 is 1.28 bits per heavy atom. The molecular weight excluding hydrogens is 251 g/mol. The van der Waals surface area contributed by atoms with Crippen LogP contribution in [0.5, 0.6) is 0 Å². The zero-order chi connectivity index (χ0) is 13.2. The summed E-state index contributed by atoms with van der Waals surface area (Å²) in [5.74, 6) is -1.87. The molecule has 0 saturated heterocycles. The van der Waals surface area contributed by atoms with Crippen LogP contribution >= 0.6 is 0 Å². The summed E-state index contributed by atoms with van der Waals surface area (Å²) < 4.78 is 37.3. The normalized spacial score (nSPS) is 24.8. The maximum absolute atomic E-state index is 12.4. The summed E-state index contributed by atoms with van der Waals surface area (Å²) in [4.78, 5) is 11.5. The molecule has 0 aromatic carbocycles. The molecule has 1 aromatic rings. The predicted octanol–water partition coefficient (Wildman–Crippen LogP) is 1.05. The first-order chi connectivity index (χ1) is 8.47. The standard InChI is InChI=1S/C9H12F3N5O/c10-9(11,12)5-1-3-6(4-2-5)13-8(18)7-14-16-17-15-7/h5-6H,1-4H2,(H,13,18)(H,14,15,16,17). The zero-order valence-electron chi connectivity index (χ0n) is 9.37. The number of hydrogen-bond acceptors (Lipinski definition) is 4. The van der Waals surface area contributed by atoms with E-state index in [1.54, 1.807) is 0 Å². The molecule has 0 bridgehead atoms. The molecule has 1 heterocycles. The minimum Gasteiger partial charge on any atom is -0.346 e. The van der Waals surface area contributed by atoms with E-state index >= 15 is 0 Å². The summed E-state index contributed by atoms with van der Waals surface area (Å²) in [5, 5.41) is 15.0. The molecule has 1 aliphatic carbocycles. The average Bonchev–Trinajstić information content (AvgIpc) is 2.82. The first-order valence-corrected chi connectivity index (χ1v) is 5.58. The molecular formula is C9H12F3N5O. The molecule has 0 unspecified atom stereocenters. The SMILES string of the molecule is O=C(NC1CCC(C(F)(F)F)CC1)c1nn[nH]n1. The Hall–Kier alpha value is -1.67. The summed E-state index contributed by atoms with van der Waals surface area (Å²) in [7, 11) is 0. The Labute approximate surface area is 100 Å². The van der Waals surface area contributed by atoms with E-state index in [1.165, 1.54) is 0 Å². The second-order valence-electron chi connectivity index (χ2n) is 4.30. The van der Waals surface area contributed by atoms with Crippen LogP contribution in [0.2, 0.25) is 0 Å². The number of amides is 1. The van der Waals surface area contributed by atoms with Crippen LogP contribution < -0.4 is 5.32 Å². The molecule has 0 atom stereocenters. The number of rotatable bonds is 2. The Morgan fingerprint density at radius 3 is 2.44 bits per heavy atom.